The van der Waals surface area contributed by atoms with Gasteiger partial charge in [0.25, 0.3) is 11.8 Å². The monoisotopic (exact) mass is 426 g/mol. The molecule has 2 aliphatic rings. The number of likely N-dealkylation sites (tertiary alicyclic amines) is 1. The quantitative estimate of drug-likeness (QED) is 0.812. The van der Waals surface area contributed by atoms with E-state index in [1.54, 1.807) is 25.4 Å². The summed E-state index contributed by atoms with van der Waals surface area (Å²) in [5.41, 5.74) is 2.09. The number of methoxy groups -OCH3 is 1. The van der Waals surface area contributed by atoms with Gasteiger partial charge in [-0.15, -0.1) is 0 Å². The number of piperidine rings is 1. The molecule has 0 bridgehead atoms. The fraction of sp³-hybridized carbons (Fsp3) is 0.522. The van der Waals surface area contributed by atoms with Crippen LogP contribution in [0.1, 0.15) is 59.0 Å². The van der Waals surface area contributed by atoms with E-state index in [1.807, 2.05) is 35.8 Å². The number of nitrogens with zero attached hydrogens (tertiary/aromatic N) is 3. The lowest BCUT2D eigenvalue weighted by molar-refractivity contribution is -0.0586. The Labute approximate surface area is 182 Å². The number of carbonyl (C=O) groups excluding carboxylic acids is 2. The summed E-state index contributed by atoms with van der Waals surface area (Å²) < 4.78 is 11.1. The van der Waals surface area contributed by atoms with Crippen molar-refractivity contribution in [2.45, 2.75) is 44.8 Å². The highest BCUT2D eigenvalue weighted by Crippen LogP contribution is 2.31. The number of morpholine rings is 1. The van der Waals surface area contributed by atoms with E-state index in [2.05, 4.69) is 10.2 Å². The molecule has 31 heavy (non-hydrogen) atoms. The smallest absolute Gasteiger partial charge is 0.257 e. The minimum atomic E-state index is -0.0203. The van der Waals surface area contributed by atoms with Gasteiger partial charge in [-0.2, -0.15) is 5.10 Å². The zero-order chi connectivity index (χ0) is 22.0. The molecule has 2 aliphatic heterocycles. The van der Waals surface area contributed by atoms with Gasteiger partial charge < -0.3 is 19.3 Å². The summed E-state index contributed by atoms with van der Waals surface area (Å²) in [6, 6.07) is 7.30. The topological polar surface area (TPSA) is 87.8 Å². The number of ether oxygens (including phenoxy) is 2. The Morgan fingerprint density at radius 2 is 1.68 bits per heavy atom. The predicted octanol–water partition coefficient (Wildman–Crippen LogP) is 2.69. The molecule has 0 saturated carbocycles. The van der Waals surface area contributed by atoms with Gasteiger partial charge in [0.05, 0.1) is 42.3 Å². The Bertz CT molecular complexity index is 925. The zero-order valence-corrected chi connectivity index (χ0v) is 18.3. The third-order valence-corrected chi connectivity index (χ3v) is 6.13. The first-order valence-electron chi connectivity index (χ1n) is 10.9. The van der Waals surface area contributed by atoms with E-state index >= 15 is 0 Å². The van der Waals surface area contributed by atoms with Crippen molar-refractivity contribution in [3.05, 3.63) is 47.3 Å². The lowest BCUT2D eigenvalue weighted by atomic mass is 9.90. The molecule has 2 saturated heterocycles. The molecule has 2 amide bonds. The second-order valence-corrected chi connectivity index (χ2v) is 8.43. The van der Waals surface area contributed by atoms with Crippen LogP contribution in [0.15, 0.2) is 30.5 Å². The molecule has 2 fully saturated rings. The van der Waals surface area contributed by atoms with E-state index in [0.29, 0.717) is 43.1 Å². The van der Waals surface area contributed by atoms with E-state index < -0.39 is 0 Å². The second kappa shape index (κ2) is 9.09. The molecule has 1 aromatic heterocycles. The fourth-order valence-corrected chi connectivity index (χ4v) is 4.65. The summed E-state index contributed by atoms with van der Waals surface area (Å²) in [4.78, 5) is 29.9. The summed E-state index contributed by atoms with van der Waals surface area (Å²) in [7, 11) is 1.57. The summed E-state index contributed by atoms with van der Waals surface area (Å²) in [6.07, 6.45) is 3.23. The Morgan fingerprint density at radius 3 is 2.35 bits per heavy atom. The maximum absolute atomic E-state index is 13.2. The summed E-state index contributed by atoms with van der Waals surface area (Å²) >= 11 is 0. The summed E-state index contributed by atoms with van der Waals surface area (Å²) in [5, 5.41) is 7.23. The number of H-pyrrole nitrogens is 1. The van der Waals surface area contributed by atoms with E-state index in [1.165, 1.54) is 0 Å². The number of rotatable bonds is 4. The van der Waals surface area contributed by atoms with Gasteiger partial charge in [-0.05, 0) is 38.8 Å². The highest BCUT2D eigenvalue weighted by atomic mass is 16.5. The molecule has 0 radical (unpaired) electrons. The number of hydrogen-bond donors (Lipinski definition) is 1. The van der Waals surface area contributed by atoms with Gasteiger partial charge in [-0.25, -0.2) is 0 Å². The van der Waals surface area contributed by atoms with Crippen molar-refractivity contribution in [3.63, 3.8) is 0 Å². The molecular weight excluding hydrogens is 396 g/mol. The molecule has 3 heterocycles. The minimum Gasteiger partial charge on any atom is -0.496 e. The lowest BCUT2D eigenvalue weighted by Gasteiger charge is -2.36. The molecule has 0 aliphatic carbocycles. The third-order valence-electron chi connectivity index (χ3n) is 6.13. The van der Waals surface area contributed by atoms with E-state index in [-0.39, 0.29) is 29.9 Å². The normalized spacial score (nSPS) is 22.4. The minimum absolute atomic E-state index is 0.00159. The van der Waals surface area contributed by atoms with Crippen LogP contribution in [-0.4, -0.2) is 77.3 Å². The zero-order valence-electron chi connectivity index (χ0n) is 18.3. The molecule has 0 spiro atoms. The molecule has 1 N–H and O–H groups in total. The highest BCUT2D eigenvalue weighted by molar-refractivity contribution is 5.97. The number of nitrogens with one attached hydrogen (secondary N) is 1. The average molecular weight is 427 g/mol. The number of benzene rings is 1. The van der Waals surface area contributed by atoms with Crippen LogP contribution < -0.4 is 4.74 Å². The van der Waals surface area contributed by atoms with Gasteiger partial charge in [-0.1, -0.05) is 12.1 Å². The fourth-order valence-electron chi connectivity index (χ4n) is 4.65. The Balaban J connectivity index is 1.43. The van der Waals surface area contributed by atoms with Crippen molar-refractivity contribution >= 4 is 11.8 Å². The van der Waals surface area contributed by atoms with Crippen molar-refractivity contribution in [3.8, 4) is 5.75 Å². The number of aromatic amines is 1. The Kier molecular flexibility index (Phi) is 6.27. The molecule has 2 aromatic rings. The predicted molar refractivity (Wildman–Crippen MR) is 115 cm³/mol. The van der Waals surface area contributed by atoms with Crippen LogP contribution in [0.5, 0.6) is 5.75 Å². The maximum Gasteiger partial charge on any atom is 0.257 e. The van der Waals surface area contributed by atoms with E-state index in [9.17, 15) is 9.59 Å². The van der Waals surface area contributed by atoms with Gasteiger partial charge in [-0.3, -0.25) is 14.7 Å². The van der Waals surface area contributed by atoms with Gasteiger partial charge in [0.2, 0.25) is 0 Å². The first kappa shape index (κ1) is 21.4. The average Bonchev–Trinajstić information content (AvgIpc) is 3.27. The summed E-state index contributed by atoms with van der Waals surface area (Å²) in [6.45, 7) is 6.39. The van der Waals surface area contributed by atoms with Crippen LogP contribution in [0.4, 0.5) is 0 Å². The van der Waals surface area contributed by atoms with Gasteiger partial charge in [0.1, 0.15) is 5.75 Å². The van der Waals surface area contributed by atoms with Crippen LogP contribution in [0.2, 0.25) is 0 Å². The standard InChI is InChI=1S/C23H30N4O4/c1-15-13-27(14-16(2)31-15)23(29)19-12-24-25-21(19)17-8-10-26(11-9-17)22(28)18-6-4-5-7-20(18)30-3/h4-7,12,15-17H,8-11,13-14H2,1-3H3,(H,24,25)/t15-,16+. The Morgan fingerprint density at radius 1 is 1.03 bits per heavy atom. The number of aromatic nitrogens is 2. The molecule has 8 heteroatoms. The lowest BCUT2D eigenvalue weighted by Crippen LogP contribution is -2.48. The second-order valence-electron chi connectivity index (χ2n) is 8.43. The SMILES string of the molecule is COc1ccccc1C(=O)N1CCC(c2[nH]ncc2C(=O)N2C[C@@H](C)O[C@@H](C)C2)CC1. The maximum atomic E-state index is 13.2. The Hall–Kier alpha value is -2.87. The molecule has 1 aromatic carbocycles. The first-order chi connectivity index (χ1) is 15.0. The molecule has 8 nitrogen and oxygen atoms in total. The van der Waals surface area contributed by atoms with Crippen molar-refractivity contribution in [1.82, 2.24) is 20.0 Å². The van der Waals surface area contributed by atoms with Crippen molar-refractivity contribution in [2.75, 3.05) is 33.3 Å². The van der Waals surface area contributed by atoms with Crippen molar-refractivity contribution in [2.24, 2.45) is 0 Å². The van der Waals surface area contributed by atoms with Crippen LogP contribution >= 0.6 is 0 Å². The largest absolute Gasteiger partial charge is 0.496 e. The third kappa shape index (κ3) is 4.44. The molecule has 166 valence electrons. The van der Waals surface area contributed by atoms with Gasteiger partial charge in [0, 0.05) is 32.1 Å². The highest BCUT2D eigenvalue weighted by Gasteiger charge is 2.32. The van der Waals surface area contributed by atoms with Crippen LogP contribution in [0.3, 0.4) is 0 Å². The number of carbonyl (C=O) groups is 2. The molecule has 4 rings (SSSR count). The molecule has 2 atom stereocenters. The number of amides is 2. The number of hydrogen-bond acceptors (Lipinski definition) is 5. The van der Waals surface area contributed by atoms with Crippen LogP contribution in [0, 0.1) is 0 Å². The summed E-state index contributed by atoms with van der Waals surface area (Å²) in [5.74, 6) is 0.732. The van der Waals surface area contributed by atoms with E-state index in [4.69, 9.17) is 9.47 Å². The van der Waals surface area contributed by atoms with Gasteiger partial charge >= 0.3 is 0 Å². The van der Waals surface area contributed by atoms with Crippen LogP contribution in [0.25, 0.3) is 0 Å². The van der Waals surface area contributed by atoms with Gasteiger partial charge in [0.15, 0.2) is 0 Å². The first-order valence-corrected chi connectivity index (χ1v) is 10.9. The van der Waals surface area contributed by atoms with Crippen LogP contribution in [-0.2, 0) is 4.74 Å². The van der Waals surface area contributed by atoms with Crippen molar-refractivity contribution in [1.29, 1.82) is 0 Å². The molecule has 0 unspecified atom stereocenters. The van der Waals surface area contributed by atoms with Crippen molar-refractivity contribution < 1.29 is 19.1 Å². The molecular formula is C23H30N4O4. The number of para-hydroxylation sites is 1. The van der Waals surface area contributed by atoms with E-state index in [0.717, 1.165) is 18.5 Å².